The van der Waals surface area contributed by atoms with Crippen molar-refractivity contribution in [2.75, 3.05) is 38.0 Å². The van der Waals surface area contributed by atoms with Crippen molar-refractivity contribution < 1.29 is 42.9 Å². The number of anilines is 2. The third kappa shape index (κ3) is 8.31. The largest absolute Gasteiger partial charge is 0.493 e. The van der Waals surface area contributed by atoms with E-state index in [1.165, 1.54) is 53.3 Å². The molecule has 274 valence electrons. The van der Waals surface area contributed by atoms with Crippen molar-refractivity contribution in [1.82, 2.24) is 19.0 Å². The SMILES string of the molecule is CCC1C=Nc2cc(OCCCC(=O)Nc3nc(C(=O)Nc4cc(C(=O)Oc5cc(C(=O)OC)n(C)c5)n(C)c4)cs3)c(OC)cc2C(=O)N1CC. The summed E-state index contributed by atoms with van der Waals surface area (Å²) in [6.07, 6.45) is 6.00. The second-order valence-corrected chi connectivity index (χ2v) is 12.5. The Morgan fingerprint density at radius 2 is 1.69 bits per heavy atom. The molecule has 0 radical (unpaired) electrons. The summed E-state index contributed by atoms with van der Waals surface area (Å²) in [4.78, 5) is 73.9. The van der Waals surface area contributed by atoms with Crippen molar-refractivity contribution in [3.63, 3.8) is 0 Å². The van der Waals surface area contributed by atoms with E-state index < -0.39 is 17.8 Å². The van der Waals surface area contributed by atoms with Gasteiger partial charge in [0.1, 0.15) is 22.8 Å². The van der Waals surface area contributed by atoms with Gasteiger partial charge >= 0.3 is 11.9 Å². The van der Waals surface area contributed by atoms with E-state index in [0.29, 0.717) is 41.4 Å². The maximum Gasteiger partial charge on any atom is 0.360 e. The monoisotopic (exact) mass is 733 g/mol. The molecule has 4 heterocycles. The number of carbonyl (C=O) groups is 5. The fourth-order valence-corrected chi connectivity index (χ4v) is 6.18. The molecular weight excluding hydrogens is 694 g/mol. The predicted octanol–water partition coefficient (Wildman–Crippen LogP) is 4.84. The standard InChI is InChI=1S/C35H39N7O9S/c1-7-21-16-36-24-15-29(28(48-5)14-23(24)32(45)42(21)8-2)50-11-9-10-30(43)39-35-38-25(19-52-35)31(44)37-20-12-26(40(3)17-20)34(47)51-22-13-27(33(46)49-6)41(4)18-22/h12-19,21H,7-11H2,1-6H3,(H,37,44)(H,38,39,43). The Hall–Kier alpha value is -5.97. The average molecular weight is 734 g/mol. The first-order valence-electron chi connectivity index (χ1n) is 16.4. The Bertz CT molecular complexity index is 2030. The Kier molecular flexibility index (Phi) is 11.7. The molecule has 1 aromatic carbocycles. The number of hydrogen-bond donors (Lipinski definition) is 2. The van der Waals surface area contributed by atoms with Gasteiger partial charge in [0.05, 0.1) is 43.8 Å². The summed E-state index contributed by atoms with van der Waals surface area (Å²) in [5.41, 5.74) is 1.67. The molecule has 4 aromatic rings. The summed E-state index contributed by atoms with van der Waals surface area (Å²) in [5, 5.41) is 7.12. The number of amides is 3. The van der Waals surface area contributed by atoms with Gasteiger partial charge in [-0.25, -0.2) is 14.6 Å². The van der Waals surface area contributed by atoms with Crippen molar-refractivity contribution in [3.8, 4) is 17.2 Å². The molecule has 0 fully saturated rings. The van der Waals surface area contributed by atoms with Crippen molar-refractivity contribution in [1.29, 1.82) is 0 Å². The van der Waals surface area contributed by atoms with Gasteiger partial charge in [-0.1, -0.05) is 6.92 Å². The highest BCUT2D eigenvalue weighted by Gasteiger charge is 2.28. The van der Waals surface area contributed by atoms with E-state index in [-0.39, 0.29) is 58.8 Å². The number of nitrogens with one attached hydrogen (secondary N) is 2. The quantitative estimate of drug-likeness (QED) is 0.134. The molecular formula is C35H39N7O9S. The number of benzene rings is 1. The third-order valence-corrected chi connectivity index (χ3v) is 8.92. The molecule has 0 bridgehead atoms. The average Bonchev–Trinajstić information content (AvgIpc) is 3.83. The molecule has 0 saturated heterocycles. The van der Waals surface area contributed by atoms with Crippen LogP contribution in [-0.4, -0.2) is 88.3 Å². The van der Waals surface area contributed by atoms with E-state index in [1.807, 2.05) is 13.8 Å². The normalized spacial score (nSPS) is 13.6. The number of aliphatic imine (C=N–C) groups is 1. The van der Waals surface area contributed by atoms with E-state index in [2.05, 4.69) is 20.6 Å². The van der Waals surface area contributed by atoms with Crippen molar-refractivity contribution in [2.24, 2.45) is 19.1 Å². The number of aromatic nitrogens is 3. The highest BCUT2D eigenvalue weighted by atomic mass is 32.1. The Balaban J connectivity index is 1.11. The van der Waals surface area contributed by atoms with Crippen LogP contribution in [0.25, 0.3) is 0 Å². The van der Waals surface area contributed by atoms with Crippen molar-refractivity contribution >= 4 is 63.7 Å². The Labute approximate surface area is 303 Å². The number of rotatable bonds is 14. The summed E-state index contributed by atoms with van der Waals surface area (Å²) >= 11 is 1.09. The van der Waals surface area contributed by atoms with Gasteiger partial charge in [-0.15, -0.1) is 11.3 Å². The molecule has 1 atom stereocenters. The highest BCUT2D eigenvalue weighted by Crippen LogP contribution is 2.37. The number of carbonyl (C=O) groups excluding carboxylic acids is 5. The number of nitrogens with zero attached hydrogens (tertiary/aromatic N) is 5. The minimum absolute atomic E-state index is 0.0694. The topological polar surface area (TPSA) is 185 Å². The number of esters is 2. The van der Waals surface area contributed by atoms with E-state index >= 15 is 0 Å². The molecule has 52 heavy (non-hydrogen) atoms. The molecule has 0 saturated carbocycles. The fourth-order valence-electron chi connectivity index (χ4n) is 5.48. The molecule has 5 rings (SSSR count). The first-order chi connectivity index (χ1) is 25.0. The van der Waals surface area contributed by atoms with E-state index in [9.17, 15) is 24.0 Å². The Morgan fingerprint density at radius 3 is 2.40 bits per heavy atom. The van der Waals surface area contributed by atoms with Gasteiger partial charge in [-0.2, -0.15) is 0 Å². The zero-order valence-electron chi connectivity index (χ0n) is 29.6. The van der Waals surface area contributed by atoms with Gasteiger partial charge in [-0.3, -0.25) is 19.4 Å². The lowest BCUT2D eigenvalue weighted by Crippen LogP contribution is -2.39. The number of fused-ring (bicyclic) bond motifs is 1. The first-order valence-corrected chi connectivity index (χ1v) is 17.2. The van der Waals surface area contributed by atoms with E-state index in [0.717, 1.165) is 17.8 Å². The van der Waals surface area contributed by atoms with Gasteiger partial charge in [0.15, 0.2) is 16.6 Å². The molecule has 0 spiro atoms. The minimum Gasteiger partial charge on any atom is -0.493 e. The van der Waals surface area contributed by atoms with Crippen LogP contribution < -0.4 is 24.8 Å². The molecule has 3 aromatic heterocycles. The first kappa shape index (κ1) is 37.3. The predicted molar refractivity (Wildman–Crippen MR) is 192 cm³/mol. The minimum atomic E-state index is -0.703. The number of hydrogen-bond acceptors (Lipinski definition) is 12. The third-order valence-electron chi connectivity index (χ3n) is 8.16. The maximum absolute atomic E-state index is 13.2. The number of aryl methyl sites for hydroxylation is 2. The molecule has 1 aliphatic rings. The number of thiazole rings is 1. The molecule has 1 aliphatic heterocycles. The lowest BCUT2D eigenvalue weighted by Gasteiger charge is -2.26. The zero-order valence-corrected chi connectivity index (χ0v) is 30.4. The van der Waals surface area contributed by atoms with Crippen LogP contribution in [0, 0.1) is 0 Å². The molecule has 17 heteroatoms. The molecule has 0 aliphatic carbocycles. The highest BCUT2D eigenvalue weighted by molar-refractivity contribution is 7.14. The van der Waals surface area contributed by atoms with E-state index in [1.54, 1.807) is 37.3 Å². The van der Waals surface area contributed by atoms with Crippen LogP contribution in [0.3, 0.4) is 0 Å². The van der Waals surface area contributed by atoms with Crippen molar-refractivity contribution in [2.45, 2.75) is 39.2 Å². The summed E-state index contributed by atoms with van der Waals surface area (Å²) < 4.78 is 24.5. The second kappa shape index (κ2) is 16.4. The van der Waals surface area contributed by atoms with Crippen LogP contribution >= 0.6 is 11.3 Å². The smallest absolute Gasteiger partial charge is 0.360 e. The molecule has 3 amide bonds. The molecule has 16 nitrogen and oxygen atoms in total. The van der Waals surface area contributed by atoms with Crippen LogP contribution in [0.2, 0.25) is 0 Å². The summed E-state index contributed by atoms with van der Waals surface area (Å²) in [5.74, 6) is -1.32. The lowest BCUT2D eigenvalue weighted by molar-refractivity contribution is -0.116. The van der Waals surface area contributed by atoms with Gasteiger partial charge in [0.2, 0.25) is 5.91 Å². The van der Waals surface area contributed by atoms with E-state index in [4.69, 9.17) is 18.9 Å². The van der Waals surface area contributed by atoms with Crippen LogP contribution in [-0.2, 0) is 23.6 Å². The zero-order chi connectivity index (χ0) is 37.5. The maximum atomic E-state index is 13.2. The Morgan fingerprint density at radius 1 is 0.942 bits per heavy atom. The van der Waals surface area contributed by atoms with Crippen LogP contribution in [0.15, 0.2) is 47.0 Å². The van der Waals surface area contributed by atoms with Gasteiger partial charge in [0.25, 0.3) is 11.8 Å². The van der Waals surface area contributed by atoms with Crippen LogP contribution in [0.4, 0.5) is 16.5 Å². The summed E-state index contributed by atoms with van der Waals surface area (Å²) in [6, 6.07) is 6.03. The van der Waals surface area contributed by atoms with Gasteiger partial charge < -0.3 is 43.6 Å². The fraction of sp³-hybridized carbons (Fsp3) is 0.343. The summed E-state index contributed by atoms with van der Waals surface area (Å²) in [6.45, 7) is 4.67. The number of ether oxygens (including phenoxy) is 4. The second-order valence-electron chi connectivity index (χ2n) is 11.6. The molecule has 2 N–H and O–H groups in total. The lowest BCUT2D eigenvalue weighted by atomic mass is 10.1. The number of methoxy groups -OCH3 is 2. The van der Waals surface area contributed by atoms with Crippen LogP contribution in [0.1, 0.15) is 74.9 Å². The molecule has 1 unspecified atom stereocenters. The summed E-state index contributed by atoms with van der Waals surface area (Å²) in [7, 11) is 5.97. The van der Waals surface area contributed by atoms with Crippen LogP contribution in [0.5, 0.6) is 17.2 Å². The van der Waals surface area contributed by atoms with Gasteiger partial charge in [-0.05, 0) is 31.9 Å². The van der Waals surface area contributed by atoms with Gasteiger partial charge in [0, 0.05) is 63.2 Å². The van der Waals surface area contributed by atoms with Crippen molar-refractivity contribution in [3.05, 3.63) is 64.7 Å².